The first kappa shape index (κ1) is 11.9. The lowest BCUT2D eigenvalue weighted by atomic mass is 10.1. The van der Waals surface area contributed by atoms with Gasteiger partial charge in [-0.25, -0.2) is 0 Å². The van der Waals surface area contributed by atoms with Crippen LogP contribution in [0.15, 0.2) is 0 Å². The molecule has 4 heteroatoms. The van der Waals surface area contributed by atoms with Gasteiger partial charge < -0.3 is 10.2 Å². The topological polar surface area (TPSA) is 57.5 Å². The van der Waals surface area contributed by atoms with Gasteiger partial charge in [-0.05, 0) is 6.42 Å². The molecule has 0 fully saturated rings. The van der Waals surface area contributed by atoms with Crippen molar-refractivity contribution < 1.29 is 15.0 Å². The molecule has 0 aromatic rings. The fourth-order valence-corrected chi connectivity index (χ4v) is 0.382. The number of hydrogen-bond donors (Lipinski definition) is 2. The van der Waals surface area contributed by atoms with Crippen LogP contribution >= 0.6 is 0 Å². The normalized spacial score (nSPS) is 11.8. The van der Waals surface area contributed by atoms with E-state index in [2.05, 4.69) is 0 Å². The minimum absolute atomic E-state index is 0. The highest BCUT2D eigenvalue weighted by molar-refractivity contribution is 5.75. The van der Waals surface area contributed by atoms with Crippen LogP contribution in [0, 0.1) is 5.92 Å². The third kappa shape index (κ3) is 4.68. The molecule has 9 heavy (non-hydrogen) atoms. The molecule has 3 nitrogen and oxygen atoms in total. The largest absolute Gasteiger partial charge is 0.481 e. The van der Waals surface area contributed by atoms with E-state index in [1.54, 1.807) is 6.92 Å². The van der Waals surface area contributed by atoms with Crippen LogP contribution in [0.2, 0.25) is 0 Å². The van der Waals surface area contributed by atoms with E-state index >= 15 is 0 Å². The number of aliphatic carboxylic acids is 1. The van der Waals surface area contributed by atoms with Gasteiger partial charge in [0.2, 0.25) is 0 Å². The van der Waals surface area contributed by atoms with E-state index in [4.69, 9.17) is 10.2 Å². The van der Waals surface area contributed by atoms with E-state index in [0.29, 0.717) is 6.42 Å². The molecule has 0 aliphatic carbocycles. The molecule has 52 valence electrons. The first-order valence-electron chi connectivity index (χ1n) is 2.56. The van der Waals surface area contributed by atoms with Gasteiger partial charge in [0.25, 0.3) is 0 Å². The average Bonchev–Trinajstić information content (AvgIpc) is 1.69. The summed E-state index contributed by atoms with van der Waals surface area (Å²) in [5, 5.41) is 16.5. The van der Waals surface area contributed by atoms with Crippen molar-refractivity contribution in [2.24, 2.45) is 5.92 Å². The fraction of sp³-hybridized carbons (Fsp3) is 0.800. The molecule has 0 radical (unpaired) electrons. The van der Waals surface area contributed by atoms with Crippen LogP contribution in [-0.4, -0.2) is 45.8 Å². The number of rotatable bonds is 3. The predicted molar refractivity (Wildman–Crippen MR) is 37.0 cm³/mol. The number of carboxylic acids is 1. The Hall–Kier alpha value is 0.196. The molecule has 0 amide bonds. The summed E-state index contributed by atoms with van der Waals surface area (Å²) in [6.07, 6.45) is 0.492. The Kier molecular flexibility index (Phi) is 8.37. The summed E-state index contributed by atoms with van der Waals surface area (Å²) in [6, 6.07) is 0. The van der Waals surface area contributed by atoms with Gasteiger partial charge in [0.05, 0.1) is 12.5 Å². The maximum Gasteiger partial charge on any atom is 0.316 e. The monoisotopic (exact) mass is 144 g/mol. The summed E-state index contributed by atoms with van der Waals surface area (Å²) in [5.41, 5.74) is 0. The number of carboxylic acid groups (broad SMARTS) is 1. The SMILES string of the molecule is CCC(CO)C(=O)O.[MgH2]. The zero-order valence-electron chi connectivity index (χ0n) is 4.79. The van der Waals surface area contributed by atoms with Crippen LogP contribution in [0.3, 0.4) is 0 Å². The second-order valence-corrected chi connectivity index (χ2v) is 1.63. The third-order valence-electron chi connectivity index (χ3n) is 1.06. The van der Waals surface area contributed by atoms with Crippen LogP contribution < -0.4 is 0 Å². The second kappa shape index (κ2) is 6.32. The average molecular weight is 144 g/mol. The zero-order valence-corrected chi connectivity index (χ0v) is 4.79. The van der Waals surface area contributed by atoms with Crippen molar-refractivity contribution in [1.82, 2.24) is 0 Å². The van der Waals surface area contributed by atoms with Crippen molar-refractivity contribution in [3.05, 3.63) is 0 Å². The maximum absolute atomic E-state index is 10.0. The number of hydrogen-bond acceptors (Lipinski definition) is 2. The van der Waals surface area contributed by atoms with Gasteiger partial charge in [-0.3, -0.25) is 4.79 Å². The molecule has 0 aromatic carbocycles. The second-order valence-electron chi connectivity index (χ2n) is 1.63. The molecule has 1 atom stereocenters. The highest BCUT2D eigenvalue weighted by Crippen LogP contribution is 1.98. The van der Waals surface area contributed by atoms with E-state index in [1.165, 1.54) is 0 Å². The summed E-state index contributed by atoms with van der Waals surface area (Å²) in [6.45, 7) is 1.47. The van der Waals surface area contributed by atoms with E-state index in [-0.39, 0.29) is 29.7 Å². The molecule has 0 rings (SSSR count). The lowest BCUT2D eigenvalue weighted by Crippen LogP contribution is -2.16. The van der Waals surface area contributed by atoms with E-state index in [9.17, 15) is 4.79 Å². The van der Waals surface area contributed by atoms with Crippen LogP contribution in [-0.2, 0) is 4.79 Å². The first-order valence-corrected chi connectivity index (χ1v) is 2.56. The molecule has 0 heterocycles. The minimum atomic E-state index is -0.921. The van der Waals surface area contributed by atoms with E-state index < -0.39 is 11.9 Å². The zero-order chi connectivity index (χ0) is 6.57. The first-order chi connectivity index (χ1) is 3.72. The van der Waals surface area contributed by atoms with Crippen molar-refractivity contribution in [3.63, 3.8) is 0 Å². The predicted octanol–water partition coefficient (Wildman–Crippen LogP) is -0.827. The lowest BCUT2D eigenvalue weighted by molar-refractivity contribution is -0.143. The molecular formula is C5H12MgO3. The van der Waals surface area contributed by atoms with Crippen LogP contribution in [0.5, 0.6) is 0 Å². The van der Waals surface area contributed by atoms with Crippen molar-refractivity contribution in [2.75, 3.05) is 6.61 Å². The summed E-state index contributed by atoms with van der Waals surface area (Å²) >= 11 is 0. The molecular weight excluding hydrogens is 132 g/mol. The van der Waals surface area contributed by atoms with Gasteiger partial charge in [0.15, 0.2) is 0 Å². The summed E-state index contributed by atoms with van der Waals surface area (Å²) in [5.74, 6) is -1.50. The molecule has 0 aliphatic heterocycles. The summed E-state index contributed by atoms with van der Waals surface area (Å²) in [4.78, 5) is 10.0. The number of aliphatic hydroxyl groups excluding tert-OH is 1. The molecule has 0 saturated carbocycles. The van der Waals surface area contributed by atoms with Crippen molar-refractivity contribution in [3.8, 4) is 0 Å². The van der Waals surface area contributed by atoms with Gasteiger partial charge >= 0.3 is 29.0 Å². The summed E-state index contributed by atoms with van der Waals surface area (Å²) < 4.78 is 0. The highest BCUT2D eigenvalue weighted by atomic mass is 24.3. The van der Waals surface area contributed by atoms with Gasteiger partial charge in [-0.2, -0.15) is 0 Å². The molecule has 0 spiro atoms. The van der Waals surface area contributed by atoms with Crippen LogP contribution in [0.4, 0.5) is 0 Å². The Morgan fingerprint density at radius 3 is 2.11 bits per heavy atom. The minimum Gasteiger partial charge on any atom is -0.481 e. The van der Waals surface area contributed by atoms with Crippen molar-refractivity contribution >= 4 is 29.0 Å². The quantitative estimate of drug-likeness (QED) is 0.509. The van der Waals surface area contributed by atoms with Gasteiger partial charge in [0, 0.05) is 0 Å². The number of carbonyl (C=O) groups is 1. The Morgan fingerprint density at radius 1 is 1.67 bits per heavy atom. The Labute approximate surface area is 70.2 Å². The van der Waals surface area contributed by atoms with E-state index in [0.717, 1.165) is 0 Å². The molecule has 0 bridgehead atoms. The lowest BCUT2D eigenvalue weighted by Gasteiger charge is -2.01. The molecule has 2 N–H and O–H groups in total. The van der Waals surface area contributed by atoms with Gasteiger partial charge in [-0.15, -0.1) is 0 Å². The standard InChI is InChI=1S/C5H10O3.Mg.2H/c1-2-4(3-6)5(7)8;;;/h4,6H,2-3H2,1H3,(H,7,8);;;. The van der Waals surface area contributed by atoms with Gasteiger partial charge in [0.1, 0.15) is 0 Å². The Bertz CT molecular complexity index is 80.3. The molecule has 0 saturated heterocycles. The van der Waals surface area contributed by atoms with Crippen LogP contribution in [0.25, 0.3) is 0 Å². The molecule has 1 unspecified atom stereocenters. The molecule has 0 aromatic heterocycles. The van der Waals surface area contributed by atoms with Crippen molar-refractivity contribution in [1.29, 1.82) is 0 Å². The highest BCUT2D eigenvalue weighted by Gasteiger charge is 2.11. The Morgan fingerprint density at radius 2 is 2.11 bits per heavy atom. The third-order valence-corrected chi connectivity index (χ3v) is 1.06. The smallest absolute Gasteiger partial charge is 0.316 e. The van der Waals surface area contributed by atoms with Crippen LogP contribution in [0.1, 0.15) is 13.3 Å². The van der Waals surface area contributed by atoms with E-state index in [1.807, 2.05) is 0 Å². The van der Waals surface area contributed by atoms with Gasteiger partial charge in [-0.1, -0.05) is 6.92 Å². The number of aliphatic hydroxyl groups is 1. The maximum atomic E-state index is 10.0. The van der Waals surface area contributed by atoms with Crippen molar-refractivity contribution in [2.45, 2.75) is 13.3 Å². The summed E-state index contributed by atoms with van der Waals surface area (Å²) in [7, 11) is 0. The fourth-order valence-electron chi connectivity index (χ4n) is 0.382. The molecule has 0 aliphatic rings. The Balaban J connectivity index is 0.